The van der Waals surface area contributed by atoms with Crippen LogP contribution < -0.4 is 9.47 Å². The number of fused-ring (bicyclic) bond motifs is 2. The van der Waals surface area contributed by atoms with E-state index in [0.717, 1.165) is 55.0 Å². The molecule has 0 amide bonds. The van der Waals surface area contributed by atoms with Gasteiger partial charge in [0.15, 0.2) is 17.1 Å². The van der Waals surface area contributed by atoms with Crippen LogP contribution in [0.2, 0.25) is 0 Å². The van der Waals surface area contributed by atoms with E-state index in [1.807, 2.05) is 56.5 Å². The second-order valence-electron chi connectivity index (χ2n) is 7.38. The first-order chi connectivity index (χ1) is 14.5. The number of hydrogen-bond donors (Lipinski definition) is 0. The summed E-state index contributed by atoms with van der Waals surface area (Å²) in [5.74, 6) is 2.07. The second-order valence-corrected chi connectivity index (χ2v) is 8.24. The number of rotatable bonds is 3. The van der Waals surface area contributed by atoms with Crippen LogP contribution in [-0.2, 0) is 0 Å². The molecule has 5 rings (SSSR count). The van der Waals surface area contributed by atoms with E-state index in [0.29, 0.717) is 5.89 Å². The van der Waals surface area contributed by atoms with Crippen molar-refractivity contribution in [2.24, 2.45) is 4.99 Å². The summed E-state index contributed by atoms with van der Waals surface area (Å²) in [6.07, 6.45) is 1.82. The minimum atomic E-state index is 0.243. The highest BCUT2D eigenvalue weighted by atomic mass is 79.9. The molecule has 0 radical (unpaired) electrons. The molecular formula is C24H19BrN2O3. The minimum absolute atomic E-state index is 0.243. The second kappa shape index (κ2) is 7.29. The normalized spacial score (nSPS) is 12.9. The summed E-state index contributed by atoms with van der Waals surface area (Å²) >= 11 is 3.57. The van der Waals surface area contributed by atoms with Crippen molar-refractivity contribution in [1.82, 2.24) is 4.98 Å². The van der Waals surface area contributed by atoms with E-state index in [4.69, 9.17) is 23.9 Å². The average molecular weight is 463 g/mol. The number of ether oxygens (including phenoxy) is 2. The van der Waals surface area contributed by atoms with Crippen LogP contribution in [0.15, 0.2) is 56.3 Å². The molecule has 1 aromatic heterocycles. The van der Waals surface area contributed by atoms with Crippen molar-refractivity contribution in [2.45, 2.75) is 20.8 Å². The molecule has 0 saturated carbocycles. The van der Waals surface area contributed by atoms with E-state index in [1.54, 1.807) is 0 Å². The van der Waals surface area contributed by atoms with Crippen molar-refractivity contribution in [2.75, 3.05) is 6.79 Å². The summed E-state index contributed by atoms with van der Waals surface area (Å²) in [6.45, 7) is 6.38. The maximum absolute atomic E-state index is 6.11. The fraction of sp³-hybridized carbons (Fsp3) is 0.167. The highest BCUT2D eigenvalue weighted by Gasteiger charge is 2.16. The molecule has 0 saturated heterocycles. The quantitative estimate of drug-likeness (QED) is 0.319. The van der Waals surface area contributed by atoms with E-state index in [1.165, 1.54) is 5.56 Å². The lowest BCUT2D eigenvalue weighted by molar-refractivity contribution is 0.174. The summed E-state index contributed by atoms with van der Waals surface area (Å²) in [5.41, 5.74) is 7.67. The summed E-state index contributed by atoms with van der Waals surface area (Å²) < 4.78 is 17.9. The van der Waals surface area contributed by atoms with Crippen LogP contribution in [0.3, 0.4) is 0 Å². The molecule has 0 N–H and O–H groups in total. The molecule has 0 unspecified atom stereocenters. The monoisotopic (exact) mass is 462 g/mol. The molecule has 3 aromatic carbocycles. The van der Waals surface area contributed by atoms with Gasteiger partial charge in [-0.2, -0.15) is 0 Å². The van der Waals surface area contributed by atoms with Gasteiger partial charge in [-0.05, 0) is 83.7 Å². The van der Waals surface area contributed by atoms with Crippen LogP contribution in [0.25, 0.3) is 22.6 Å². The topological polar surface area (TPSA) is 56.9 Å². The maximum atomic E-state index is 6.11. The zero-order valence-electron chi connectivity index (χ0n) is 16.8. The standard InChI is InChI=1S/C24H19BrN2O3/c1-13-7-14(2)23-20(8-13)27-24(30-23)17-5-4-6-19(15(17)3)26-11-16-9-21-22(10-18(16)25)29-12-28-21/h4-11H,12H2,1-3H3. The zero-order valence-corrected chi connectivity index (χ0v) is 18.4. The Kier molecular flexibility index (Phi) is 4.59. The first kappa shape index (κ1) is 18.9. The lowest BCUT2D eigenvalue weighted by atomic mass is 10.1. The van der Waals surface area contributed by atoms with Crippen molar-refractivity contribution in [1.29, 1.82) is 0 Å². The molecule has 150 valence electrons. The van der Waals surface area contributed by atoms with Crippen LogP contribution in [-0.4, -0.2) is 18.0 Å². The van der Waals surface area contributed by atoms with Crippen molar-refractivity contribution < 1.29 is 13.9 Å². The lowest BCUT2D eigenvalue weighted by Gasteiger charge is -2.06. The largest absolute Gasteiger partial charge is 0.454 e. The van der Waals surface area contributed by atoms with E-state index >= 15 is 0 Å². The Hall–Kier alpha value is -3.12. The molecule has 0 fully saturated rings. The number of aliphatic imine (C=N–C) groups is 1. The predicted molar refractivity (Wildman–Crippen MR) is 121 cm³/mol. The number of halogens is 1. The van der Waals surface area contributed by atoms with E-state index in [-0.39, 0.29) is 6.79 Å². The molecule has 0 atom stereocenters. The number of benzene rings is 3. The molecule has 6 heteroatoms. The molecule has 2 heterocycles. The summed E-state index contributed by atoms with van der Waals surface area (Å²) in [4.78, 5) is 9.44. The third-order valence-corrected chi connectivity index (χ3v) is 5.88. The zero-order chi connectivity index (χ0) is 20.8. The van der Waals surface area contributed by atoms with Crippen molar-refractivity contribution in [3.63, 3.8) is 0 Å². The number of hydrogen-bond acceptors (Lipinski definition) is 5. The Bertz CT molecular complexity index is 1320. The Morgan fingerprint density at radius 1 is 1.03 bits per heavy atom. The lowest BCUT2D eigenvalue weighted by Crippen LogP contribution is -1.92. The van der Waals surface area contributed by atoms with Crippen LogP contribution in [0.5, 0.6) is 11.5 Å². The van der Waals surface area contributed by atoms with Gasteiger partial charge in [0.2, 0.25) is 12.7 Å². The van der Waals surface area contributed by atoms with Gasteiger partial charge in [0.05, 0.1) is 5.69 Å². The number of aryl methyl sites for hydroxylation is 2. The highest BCUT2D eigenvalue weighted by molar-refractivity contribution is 9.10. The fourth-order valence-electron chi connectivity index (χ4n) is 3.66. The molecular weight excluding hydrogens is 444 g/mol. The van der Waals surface area contributed by atoms with Gasteiger partial charge in [-0.25, -0.2) is 4.98 Å². The van der Waals surface area contributed by atoms with Crippen LogP contribution in [0.4, 0.5) is 5.69 Å². The summed E-state index contributed by atoms with van der Waals surface area (Å²) in [5, 5.41) is 0. The molecule has 0 bridgehead atoms. The summed E-state index contributed by atoms with van der Waals surface area (Å²) in [7, 11) is 0. The molecule has 1 aliphatic heterocycles. The molecule has 30 heavy (non-hydrogen) atoms. The molecule has 5 nitrogen and oxygen atoms in total. The molecule has 1 aliphatic rings. The SMILES string of the molecule is Cc1cc(C)c2oc(-c3cccc(N=Cc4cc5c(cc4Br)OCO5)c3C)nc2c1. The van der Waals surface area contributed by atoms with Crippen LogP contribution in [0.1, 0.15) is 22.3 Å². The first-order valence-electron chi connectivity index (χ1n) is 9.60. The van der Waals surface area contributed by atoms with Gasteiger partial charge in [0, 0.05) is 21.8 Å². The average Bonchev–Trinajstić information content (AvgIpc) is 3.33. The van der Waals surface area contributed by atoms with Gasteiger partial charge in [0.25, 0.3) is 0 Å². The van der Waals surface area contributed by atoms with E-state index in [9.17, 15) is 0 Å². The molecule has 4 aromatic rings. The third kappa shape index (κ3) is 3.27. The smallest absolute Gasteiger partial charge is 0.231 e. The van der Waals surface area contributed by atoms with E-state index < -0.39 is 0 Å². The van der Waals surface area contributed by atoms with Gasteiger partial charge in [0.1, 0.15) is 5.52 Å². The summed E-state index contributed by atoms with van der Waals surface area (Å²) in [6, 6.07) is 13.9. The first-order valence-corrected chi connectivity index (χ1v) is 10.4. The van der Waals surface area contributed by atoms with Crippen molar-refractivity contribution in [3.05, 3.63) is 69.2 Å². The number of oxazole rings is 1. The predicted octanol–water partition coefficient (Wildman–Crippen LogP) is 6.66. The van der Waals surface area contributed by atoms with Gasteiger partial charge in [-0.1, -0.05) is 12.1 Å². The van der Waals surface area contributed by atoms with Gasteiger partial charge in [-0.15, -0.1) is 0 Å². The van der Waals surface area contributed by atoms with Crippen molar-refractivity contribution in [3.8, 4) is 23.0 Å². The number of aromatic nitrogens is 1. The fourth-order valence-corrected chi connectivity index (χ4v) is 4.08. The van der Waals surface area contributed by atoms with Gasteiger partial charge in [-0.3, -0.25) is 4.99 Å². The minimum Gasteiger partial charge on any atom is -0.454 e. The molecule has 0 aliphatic carbocycles. The molecule has 0 spiro atoms. The van der Waals surface area contributed by atoms with E-state index in [2.05, 4.69) is 28.9 Å². The Morgan fingerprint density at radius 3 is 2.67 bits per heavy atom. The third-order valence-electron chi connectivity index (χ3n) is 5.19. The van der Waals surface area contributed by atoms with Crippen molar-refractivity contribution >= 4 is 38.9 Å². The van der Waals surface area contributed by atoms with Crippen LogP contribution >= 0.6 is 15.9 Å². The highest BCUT2D eigenvalue weighted by Crippen LogP contribution is 2.37. The number of nitrogens with zero attached hydrogens (tertiary/aromatic N) is 2. The Labute approximate surface area is 182 Å². The Morgan fingerprint density at radius 2 is 1.83 bits per heavy atom. The Balaban J connectivity index is 1.53. The maximum Gasteiger partial charge on any atom is 0.231 e. The van der Waals surface area contributed by atoms with Crippen LogP contribution in [0, 0.1) is 20.8 Å². The van der Waals surface area contributed by atoms with Gasteiger partial charge < -0.3 is 13.9 Å². The van der Waals surface area contributed by atoms with Gasteiger partial charge >= 0.3 is 0 Å².